The third-order valence-electron chi connectivity index (χ3n) is 2.83. The molecule has 0 aromatic heterocycles. The Kier molecular flexibility index (Phi) is 5.62. The first-order chi connectivity index (χ1) is 9.20. The number of carboxylic acids is 1. The Morgan fingerprint density at radius 2 is 1.90 bits per heavy atom. The number of thioether (sulfide) groups is 1. The summed E-state index contributed by atoms with van der Waals surface area (Å²) in [7, 11) is 0. The van der Waals surface area contributed by atoms with Gasteiger partial charge in [0.2, 0.25) is 5.91 Å². The van der Waals surface area contributed by atoms with Gasteiger partial charge in [0.1, 0.15) is 0 Å². The Morgan fingerprint density at radius 1 is 1.25 bits per heavy atom. The molecular formula is C15H21NO3S. The number of hydrogen-bond acceptors (Lipinski definition) is 3. The van der Waals surface area contributed by atoms with E-state index in [4.69, 9.17) is 5.11 Å². The van der Waals surface area contributed by atoms with Crippen LogP contribution in [-0.2, 0) is 15.0 Å². The van der Waals surface area contributed by atoms with Gasteiger partial charge in [-0.05, 0) is 29.5 Å². The number of carbonyl (C=O) groups is 2. The molecule has 0 heterocycles. The van der Waals surface area contributed by atoms with E-state index in [1.807, 2.05) is 19.1 Å². The Bertz CT molecular complexity index is 506. The van der Waals surface area contributed by atoms with E-state index >= 15 is 0 Å². The number of hydrogen-bond donors (Lipinski definition) is 2. The minimum absolute atomic E-state index is 0.0602. The number of anilines is 1. The molecule has 0 radical (unpaired) electrons. The molecule has 5 heteroatoms. The highest BCUT2D eigenvalue weighted by Gasteiger charge is 2.15. The van der Waals surface area contributed by atoms with Crippen molar-refractivity contribution < 1.29 is 14.7 Å². The number of carbonyl (C=O) groups excluding carboxylic acids is 1. The van der Waals surface area contributed by atoms with E-state index in [1.165, 1.54) is 5.56 Å². The Balaban J connectivity index is 2.65. The van der Waals surface area contributed by atoms with Crippen molar-refractivity contribution in [2.24, 2.45) is 0 Å². The summed E-state index contributed by atoms with van der Waals surface area (Å²) in [6.07, 6.45) is 0. The Labute approximate surface area is 124 Å². The number of aryl methyl sites for hydroxylation is 1. The van der Waals surface area contributed by atoms with Crippen LogP contribution in [0.5, 0.6) is 0 Å². The number of aliphatic carboxylic acids is 1. The quantitative estimate of drug-likeness (QED) is 0.876. The largest absolute Gasteiger partial charge is 0.481 e. The molecule has 20 heavy (non-hydrogen) atoms. The zero-order valence-electron chi connectivity index (χ0n) is 12.3. The van der Waals surface area contributed by atoms with Crippen molar-refractivity contribution in [3.63, 3.8) is 0 Å². The number of nitrogens with one attached hydrogen (secondary N) is 1. The lowest BCUT2D eigenvalue weighted by atomic mass is 9.86. The van der Waals surface area contributed by atoms with Gasteiger partial charge >= 0.3 is 5.97 Å². The molecule has 0 aliphatic carbocycles. The Morgan fingerprint density at radius 3 is 2.40 bits per heavy atom. The van der Waals surface area contributed by atoms with Gasteiger partial charge in [-0.3, -0.25) is 9.59 Å². The first kappa shape index (κ1) is 16.6. The highest BCUT2D eigenvalue weighted by atomic mass is 32.2. The number of carboxylic acid groups (broad SMARTS) is 1. The molecular weight excluding hydrogens is 274 g/mol. The molecule has 0 bridgehead atoms. The topological polar surface area (TPSA) is 66.4 Å². The van der Waals surface area contributed by atoms with Crippen LogP contribution in [0, 0.1) is 6.92 Å². The number of rotatable bonds is 5. The maximum atomic E-state index is 11.7. The monoisotopic (exact) mass is 295 g/mol. The zero-order valence-corrected chi connectivity index (χ0v) is 13.1. The van der Waals surface area contributed by atoms with Crippen LogP contribution in [0.15, 0.2) is 18.2 Å². The van der Waals surface area contributed by atoms with Crippen LogP contribution < -0.4 is 5.32 Å². The van der Waals surface area contributed by atoms with E-state index in [0.29, 0.717) is 0 Å². The van der Waals surface area contributed by atoms with E-state index < -0.39 is 5.97 Å². The van der Waals surface area contributed by atoms with Gasteiger partial charge in [-0.2, -0.15) is 0 Å². The van der Waals surface area contributed by atoms with E-state index in [2.05, 4.69) is 32.2 Å². The summed E-state index contributed by atoms with van der Waals surface area (Å²) in [5.41, 5.74) is 3.08. The molecule has 0 saturated heterocycles. The van der Waals surface area contributed by atoms with Gasteiger partial charge < -0.3 is 10.4 Å². The highest BCUT2D eigenvalue weighted by Crippen LogP contribution is 2.26. The second kappa shape index (κ2) is 6.79. The van der Waals surface area contributed by atoms with Crippen LogP contribution in [0.2, 0.25) is 0 Å². The third kappa shape index (κ3) is 5.25. The van der Waals surface area contributed by atoms with Crippen LogP contribution >= 0.6 is 11.8 Å². The first-order valence-electron chi connectivity index (χ1n) is 6.40. The molecule has 0 fully saturated rings. The van der Waals surface area contributed by atoms with Crippen molar-refractivity contribution in [3.05, 3.63) is 29.3 Å². The number of amides is 1. The SMILES string of the molecule is Cc1cc(C(C)(C)C)ccc1NC(=O)CSCC(=O)O. The summed E-state index contributed by atoms with van der Waals surface area (Å²) in [4.78, 5) is 22.1. The molecule has 0 aliphatic heterocycles. The lowest BCUT2D eigenvalue weighted by Gasteiger charge is -2.20. The fraction of sp³-hybridized carbons (Fsp3) is 0.467. The fourth-order valence-corrected chi connectivity index (χ4v) is 2.22. The average molecular weight is 295 g/mol. The molecule has 1 amide bonds. The van der Waals surface area contributed by atoms with Crippen molar-refractivity contribution in [2.45, 2.75) is 33.1 Å². The highest BCUT2D eigenvalue weighted by molar-refractivity contribution is 8.00. The van der Waals surface area contributed by atoms with Crippen LogP contribution in [0.4, 0.5) is 5.69 Å². The molecule has 1 aromatic carbocycles. The molecule has 0 atom stereocenters. The maximum Gasteiger partial charge on any atom is 0.313 e. The normalized spacial score (nSPS) is 11.2. The minimum atomic E-state index is -0.909. The summed E-state index contributed by atoms with van der Waals surface area (Å²) in [5.74, 6) is -1.00. The Hall–Kier alpha value is -1.49. The molecule has 110 valence electrons. The summed E-state index contributed by atoms with van der Waals surface area (Å²) >= 11 is 1.09. The fourth-order valence-electron chi connectivity index (χ4n) is 1.69. The summed E-state index contributed by atoms with van der Waals surface area (Å²) in [5, 5.41) is 11.3. The molecule has 0 saturated carbocycles. The second-order valence-corrected chi connectivity index (χ2v) is 6.70. The predicted molar refractivity (Wildman–Crippen MR) is 83.5 cm³/mol. The van der Waals surface area contributed by atoms with Crippen molar-refractivity contribution in [3.8, 4) is 0 Å². The van der Waals surface area contributed by atoms with Crippen molar-refractivity contribution in [2.75, 3.05) is 16.8 Å². The molecule has 0 spiro atoms. The summed E-state index contributed by atoms with van der Waals surface area (Å²) in [6, 6.07) is 5.97. The van der Waals surface area contributed by atoms with Crippen LogP contribution in [0.3, 0.4) is 0 Å². The second-order valence-electron chi connectivity index (χ2n) is 5.71. The van der Waals surface area contributed by atoms with Gasteiger partial charge in [-0.15, -0.1) is 11.8 Å². The molecule has 4 nitrogen and oxygen atoms in total. The predicted octanol–water partition coefficient (Wildman–Crippen LogP) is 3.05. The summed E-state index contributed by atoms with van der Waals surface area (Å²) < 4.78 is 0. The van der Waals surface area contributed by atoms with E-state index in [-0.39, 0.29) is 22.8 Å². The van der Waals surface area contributed by atoms with Gasteiger partial charge in [0, 0.05) is 5.69 Å². The molecule has 1 rings (SSSR count). The van der Waals surface area contributed by atoms with E-state index in [0.717, 1.165) is 23.0 Å². The maximum absolute atomic E-state index is 11.7. The van der Waals surface area contributed by atoms with E-state index in [1.54, 1.807) is 0 Å². The van der Waals surface area contributed by atoms with E-state index in [9.17, 15) is 9.59 Å². The van der Waals surface area contributed by atoms with Crippen LogP contribution in [-0.4, -0.2) is 28.5 Å². The average Bonchev–Trinajstić information content (AvgIpc) is 2.29. The molecule has 1 aromatic rings. The number of benzene rings is 1. The standard InChI is InChI=1S/C15H21NO3S/c1-10-7-11(15(2,3)4)5-6-12(10)16-13(17)8-20-9-14(18)19/h5-7H,8-9H2,1-4H3,(H,16,17)(H,18,19). The molecule has 2 N–H and O–H groups in total. The zero-order chi connectivity index (χ0) is 15.3. The van der Waals surface area contributed by atoms with Gasteiger partial charge in [0.25, 0.3) is 0 Å². The third-order valence-corrected chi connectivity index (χ3v) is 3.74. The molecule has 0 unspecified atom stereocenters. The van der Waals surface area contributed by atoms with Gasteiger partial charge in [0.15, 0.2) is 0 Å². The van der Waals surface area contributed by atoms with Crippen molar-refractivity contribution >= 4 is 29.3 Å². The first-order valence-corrected chi connectivity index (χ1v) is 7.56. The molecule has 0 aliphatic rings. The van der Waals surface area contributed by atoms with Gasteiger partial charge in [0.05, 0.1) is 11.5 Å². The van der Waals surface area contributed by atoms with Crippen LogP contribution in [0.25, 0.3) is 0 Å². The van der Waals surface area contributed by atoms with Gasteiger partial charge in [-0.1, -0.05) is 32.9 Å². The van der Waals surface area contributed by atoms with Crippen molar-refractivity contribution in [1.82, 2.24) is 0 Å². The lowest BCUT2D eigenvalue weighted by molar-refractivity contribution is -0.133. The summed E-state index contributed by atoms with van der Waals surface area (Å²) in [6.45, 7) is 8.38. The van der Waals surface area contributed by atoms with Crippen molar-refractivity contribution in [1.29, 1.82) is 0 Å². The van der Waals surface area contributed by atoms with Gasteiger partial charge in [-0.25, -0.2) is 0 Å². The lowest BCUT2D eigenvalue weighted by Crippen LogP contribution is -2.17. The smallest absolute Gasteiger partial charge is 0.313 e. The van der Waals surface area contributed by atoms with Crippen LogP contribution in [0.1, 0.15) is 31.9 Å². The minimum Gasteiger partial charge on any atom is -0.481 e.